The number of para-hydroxylation sites is 1. The van der Waals surface area contributed by atoms with Gasteiger partial charge in [0.2, 0.25) is 5.91 Å². The van der Waals surface area contributed by atoms with E-state index in [1.165, 1.54) is 4.90 Å². The predicted molar refractivity (Wildman–Crippen MR) is 134 cm³/mol. The lowest BCUT2D eigenvalue weighted by molar-refractivity contribution is -0.126. The topological polar surface area (TPSA) is 53.1 Å². The van der Waals surface area contributed by atoms with Crippen LogP contribution >= 0.6 is 0 Å². The molecular formula is C28H29N3O3. The maximum absolute atomic E-state index is 13.7. The molecular weight excluding hydrogens is 426 g/mol. The van der Waals surface area contributed by atoms with Gasteiger partial charge in [0.25, 0.3) is 5.91 Å². The van der Waals surface area contributed by atoms with E-state index in [4.69, 9.17) is 4.84 Å². The van der Waals surface area contributed by atoms with Gasteiger partial charge in [-0.2, -0.15) is 0 Å². The first kappa shape index (κ1) is 22.2. The minimum absolute atomic E-state index is 0.227. The number of hydrogen-bond acceptors (Lipinski definition) is 5. The Morgan fingerprint density at radius 1 is 0.794 bits per heavy atom. The molecule has 0 radical (unpaired) electrons. The summed E-state index contributed by atoms with van der Waals surface area (Å²) in [5.74, 6) is -1.18. The first-order chi connectivity index (χ1) is 16.5. The van der Waals surface area contributed by atoms with E-state index in [0.717, 1.165) is 35.6 Å². The predicted octanol–water partition coefficient (Wildman–Crippen LogP) is 4.89. The van der Waals surface area contributed by atoms with Crippen LogP contribution in [-0.4, -0.2) is 31.0 Å². The van der Waals surface area contributed by atoms with Crippen LogP contribution in [0.4, 0.5) is 17.1 Å². The van der Waals surface area contributed by atoms with Crippen molar-refractivity contribution in [2.45, 2.75) is 32.9 Å². The number of anilines is 3. The number of hydrogen-bond donors (Lipinski definition) is 0. The molecule has 3 aromatic rings. The molecule has 2 aliphatic rings. The van der Waals surface area contributed by atoms with Gasteiger partial charge >= 0.3 is 0 Å². The number of carbonyl (C=O) groups is 2. The van der Waals surface area contributed by atoms with Crippen LogP contribution in [0.15, 0.2) is 78.9 Å². The molecule has 3 aromatic carbocycles. The van der Waals surface area contributed by atoms with Crippen molar-refractivity contribution in [1.29, 1.82) is 0 Å². The zero-order valence-corrected chi connectivity index (χ0v) is 19.7. The Hall–Kier alpha value is -3.64. The summed E-state index contributed by atoms with van der Waals surface area (Å²) in [4.78, 5) is 36.9. The van der Waals surface area contributed by atoms with E-state index in [2.05, 4.69) is 30.9 Å². The quantitative estimate of drug-likeness (QED) is 0.495. The number of aryl methyl sites for hydroxylation is 1. The lowest BCUT2D eigenvalue weighted by atomic mass is 9.90. The summed E-state index contributed by atoms with van der Waals surface area (Å²) in [6.45, 7) is 8.08. The van der Waals surface area contributed by atoms with E-state index in [1.54, 1.807) is 5.06 Å². The lowest BCUT2D eigenvalue weighted by Crippen LogP contribution is -2.37. The van der Waals surface area contributed by atoms with Crippen LogP contribution in [0, 0.1) is 12.8 Å². The van der Waals surface area contributed by atoms with Crippen LogP contribution in [0.25, 0.3) is 0 Å². The van der Waals surface area contributed by atoms with Crippen molar-refractivity contribution in [2.75, 3.05) is 28.0 Å². The molecule has 2 fully saturated rings. The minimum atomic E-state index is -0.860. The van der Waals surface area contributed by atoms with Crippen molar-refractivity contribution < 1.29 is 14.4 Å². The summed E-state index contributed by atoms with van der Waals surface area (Å²) >= 11 is 0. The van der Waals surface area contributed by atoms with Gasteiger partial charge in [0.15, 0.2) is 6.10 Å². The second-order valence-electron chi connectivity index (χ2n) is 8.77. The Labute approximate surface area is 200 Å². The summed E-state index contributed by atoms with van der Waals surface area (Å²) in [6.07, 6.45) is -0.860. The molecule has 0 saturated carbocycles. The molecule has 174 valence electrons. The summed E-state index contributed by atoms with van der Waals surface area (Å²) in [5, 5.41) is 1.74. The van der Waals surface area contributed by atoms with Crippen molar-refractivity contribution in [3.8, 4) is 0 Å². The number of benzene rings is 3. The molecule has 2 aliphatic heterocycles. The van der Waals surface area contributed by atoms with Crippen LogP contribution in [0.2, 0.25) is 0 Å². The smallest absolute Gasteiger partial charge is 0.266 e. The number of hydroxylamine groups is 1. The molecule has 0 N–H and O–H groups in total. The highest BCUT2D eigenvalue weighted by Crippen LogP contribution is 2.47. The van der Waals surface area contributed by atoms with Gasteiger partial charge in [-0.3, -0.25) is 14.4 Å². The summed E-state index contributed by atoms with van der Waals surface area (Å²) in [5.41, 5.74) is 4.54. The van der Waals surface area contributed by atoms with Gasteiger partial charge in [-0.15, -0.1) is 0 Å². The first-order valence-corrected chi connectivity index (χ1v) is 11.8. The van der Waals surface area contributed by atoms with Crippen LogP contribution in [0.3, 0.4) is 0 Å². The highest BCUT2D eigenvalue weighted by Gasteiger charge is 2.60. The van der Waals surface area contributed by atoms with Crippen molar-refractivity contribution in [3.63, 3.8) is 0 Å². The molecule has 0 bridgehead atoms. The summed E-state index contributed by atoms with van der Waals surface area (Å²) in [7, 11) is 0. The lowest BCUT2D eigenvalue weighted by Gasteiger charge is -2.29. The zero-order valence-electron chi connectivity index (χ0n) is 19.7. The number of imide groups is 1. The molecule has 2 saturated heterocycles. The van der Waals surface area contributed by atoms with E-state index in [0.29, 0.717) is 5.69 Å². The molecule has 3 atom stereocenters. The molecule has 0 aliphatic carbocycles. The Kier molecular flexibility index (Phi) is 5.84. The number of rotatable bonds is 6. The second kappa shape index (κ2) is 8.95. The largest absolute Gasteiger partial charge is 0.372 e. The fourth-order valence-electron chi connectivity index (χ4n) is 4.97. The molecule has 6 heteroatoms. The van der Waals surface area contributed by atoms with Gasteiger partial charge < -0.3 is 4.90 Å². The van der Waals surface area contributed by atoms with Crippen LogP contribution < -0.4 is 14.9 Å². The average molecular weight is 456 g/mol. The highest BCUT2D eigenvalue weighted by atomic mass is 16.7. The van der Waals surface area contributed by atoms with Crippen molar-refractivity contribution in [2.24, 2.45) is 5.92 Å². The number of carbonyl (C=O) groups excluding carboxylic acids is 2. The molecule has 34 heavy (non-hydrogen) atoms. The van der Waals surface area contributed by atoms with Gasteiger partial charge in [0.05, 0.1) is 17.4 Å². The first-order valence-electron chi connectivity index (χ1n) is 11.8. The van der Waals surface area contributed by atoms with Crippen molar-refractivity contribution in [3.05, 3.63) is 90.0 Å². The maximum Gasteiger partial charge on any atom is 0.266 e. The highest BCUT2D eigenvalue weighted by molar-refractivity contribution is 6.23. The Morgan fingerprint density at radius 2 is 1.44 bits per heavy atom. The molecule has 5 rings (SSSR count). The SMILES string of the molecule is CCN(CC)c1ccc(C2C3C(=O)N(c4ccc(C)cc4)C(=O)C3ON2c2ccccc2)cc1. The van der Waals surface area contributed by atoms with Gasteiger partial charge in [-0.25, -0.2) is 9.96 Å². The van der Waals surface area contributed by atoms with E-state index < -0.39 is 18.1 Å². The average Bonchev–Trinajstić information content (AvgIpc) is 3.38. The van der Waals surface area contributed by atoms with E-state index in [9.17, 15) is 9.59 Å². The van der Waals surface area contributed by atoms with Crippen LogP contribution in [0.5, 0.6) is 0 Å². The molecule has 3 unspecified atom stereocenters. The van der Waals surface area contributed by atoms with E-state index in [1.807, 2.05) is 73.7 Å². The Morgan fingerprint density at radius 3 is 2.06 bits per heavy atom. The molecule has 2 amide bonds. The Balaban J connectivity index is 1.54. The fourth-order valence-corrected chi connectivity index (χ4v) is 4.97. The summed E-state index contributed by atoms with van der Waals surface area (Å²) in [6, 6.07) is 24.9. The normalized spacial score (nSPS) is 21.8. The fraction of sp³-hybridized carbons (Fsp3) is 0.286. The third kappa shape index (κ3) is 3.64. The number of amides is 2. The van der Waals surface area contributed by atoms with Crippen molar-refractivity contribution >= 4 is 28.9 Å². The number of fused-ring (bicyclic) bond motifs is 1. The molecule has 6 nitrogen and oxygen atoms in total. The third-order valence-electron chi connectivity index (χ3n) is 6.78. The number of nitrogens with zero attached hydrogens (tertiary/aromatic N) is 3. The van der Waals surface area contributed by atoms with Gasteiger partial charge in [0, 0.05) is 18.8 Å². The van der Waals surface area contributed by atoms with Gasteiger partial charge in [-0.1, -0.05) is 48.0 Å². The zero-order chi connectivity index (χ0) is 23.8. The van der Waals surface area contributed by atoms with E-state index >= 15 is 0 Å². The Bertz CT molecular complexity index is 1170. The third-order valence-corrected chi connectivity index (χ3v) is 6.78. The molecule has 0 aromatic heterocycles. The monoisotopic (exact) mass is 455 g/mol. The maximum atomic E-state index is 13.7. The minimum Gasteiger partial charge on any atom is -0.372 e. The molecule has 2 heterocycles. The van der Waals surface area contributed by atoms with Crippen molar-refractivity contribution in [1.82, 2.24) is 0 Å². The summed E-state index contributed by atoms with van der Waals surface area (Å²) < 4.78 is 0. The molecule has 0 spiro atoms. The van der Waals surface area contributed by atoms with Crippen LogP contribution in [0.1, 0.15) is 31.0 Å². The van der Waals surface area contributed by atoms with Crippen LogP contribution in [-0.2, 0) is 14.4 Å². The standard InChI is InChI=1S/C28H29N3O3/c1-4-29(5-2)21-17-13-20(14-18-21)25-24-26(34-31(25)23-9-7-6-8-10-23)28(33)30(27(24)32)22-15-11-19(3)12-16-22/h6-18,24-26H,4-5H2,1-3H3. The van der Waals surface area contributed by atoms with E-state index in [-0.39, 0.29) is 11.8 Å². The second-order valence-corrected chi connectivity index (χ2v) is 8.77. The van der Waals surface area contributed by atoms with Gasteiger partial charge in [0.1, 0.15) is 5.92 Å². The van der Waals surface area contributed by atoms with Gasteiger partial charge in [-0.05, 0) is 62.7 Å².